The van der Waals surface area contributed by atoms with Gasteiger partial charge >= 0.3 is 0 Å². The minimum Gasteiger partial charge on any atom is -0.325 e. The summed E-state index contributed by atoms with van der Waals surface area (Å²) in [6, 6.07) is 21.7. The Morgan fingerprint density at radius 1 is 0.872 bits per heavy atom. The molecule has 0 bridgehead atoms. The molecule has 5 rings (SSSR count). The molecule has 0 unspecified atom stereocenters. The molecule has 0 atom stereocenters. The first-order valence-electron chi connectivity index (χ1n) is 11.6. The molecule has 2 N–H and O–H groups in total. The number of halogens is 2. The van der Waals surface area contributed by atoms with Gasteiger partial charge < -0.3 is 5.32 Å². The summed E-state index contributed by atoms with van der Waals surface area (Å²) >= 11 is 12.2. The number of fused-ring (bicyclic) bond motifs is 3. The number of nitrogens with one attached hydrogen (secondary N) is 2. The van der Waals surface area contributed by atoms with Crippen LogP contribution in [0.4, 0.5) is 17.1 Å². The highest BCUT2D eigenvalue weighted by molar-refractivity contribution is 7.93. The third kappa shape index (κ3) is 5.33. The van der Waals surface area contributed by atoms with E-state index in [1.165, 1.54) is 36.4 Å². The van der Waals surface area contributed by atoms with Crippen LogP contribution < -0.4 is 14.3 Å². The molecule has 0 fully saturated rings. The standard InChI is InChI=1S/C27H21Cl2N3O5S2/c1-17-6-7-19(29)15-24(17)31-38(34,35)21-11-9-20(10-12-21)30-27(33)16-32-25-13-8-18(28)14-23(25)22-4-2-3-5-26(22)39(32,36)37/h2-15,31H,16H2,1H3,(H,30,33). The lowest BCUT2D eigenvalue weighted by Gasteiger charge is -2.31. The Morgan fingerprint density at radius 2 is 1.54 bits per heavy atom. The number of benzene rings is 4. The quantitative estimate of drug-likeness (QED) is 0.285. The monoisotopic (exact) mass is 601 g/mol. The van der Waals surface area contributed by atoms with Crippen molar-refractivity contribution in [2.45, 2.75) is 16.7 Å². The smallest absolute Gasteiger partial charge is 0.265 e. The van der Waals surface area contributed by atoms with E-state index < -0.39 is 32.5 Å². The highest BCUT2D eigenvalue weighted by Gasteiger charge is 2.36. The predicted octanol–water partition coefficient (Wildman–Crippen LogP) is 5.92. The van der Waals surface area contributed by atoms with Crippen LogP contribution >= 0.6 is 23.2 Å². The normalized spacial score (nSPS) is 13.8. The van der Waals surface area contributed by atoms with Crippen LogP contribution in [0.25, 0.3) is 11.1 Å². The zero-order valence-electron chi connectivity index (χ0n) is 20.4. The molecule has 8 nitrogen and oxygen atoms in total. The minimum absolute atomic E-state index is 0.0269. The molecule has 0 aromatic heterocycles. The van der Waals surface area contributed by atoms with Gasteiger partial charge in [0, 0.05) is 26.9 Å². The van der Waals surface area contributed by atoms with Crippen LogP contribution in [-0.2, 0) is 24.8 Å². The van der Waals surface area contributed by atoms with Gasteiger partial charge in [0.25, 0.3) is 20.0 Å². The number of carbonyl (C=O) groups is 1. The zero-order chi connectivity index (χ0) is 27.9. The van der Waals surface area contributed by atoms with E-state index in [1.54, 1.807) is 55.5 Å². The maximum atomic E-state index is 13.4. The SMILES string of the molecule is Cc1ccc(Cl)cc1NS(=O)(=O)c1ccc(NC(=O)CN2c3ccc(Cl)cc3-c3ccccc3S2(=O)=O)cc1. The van der Waals surface area contributed by atoms with Gasteiger partial charge in [-0.1, -0.05) is 47.5 Å². The summed E-state index contributed by atoms with van der Waals surface area (Å²) in [5.74, 6) is -0.609. The molecule has 1 heterocycles. The lowest BCUT2D eigenvalue weighted by Crippen LogP contribution is -2.40. The van der Waals surface area contributed by atoms with Crippen molar-refractivity contribution in [3.63, 3.8) is 0 Å². The number of anilines is 3. The van der Waals surface area contributed by atoms with Crippen LogP contribution in [0, 0.1) is 6.92 Å². The van der Waals surface area contributed by atoms with Crippen molar-refractivity contribution < 1.29 is 21.6 Å². The molecule has 12 heteroatoms. The summed E-state index contributed by atoms with van der Waals surface area (Å²) in [6.07, 6.45) is 0. The Kier molecular flexibility index (Phi) is 7.06. The molecule has 1 aliphatic heterocycles. The van der Waals surface area contributed by atoms with Crippen molar-refractivity contribution >= 4 is 66.2 Å². The fourth-order valence-electron chi connectivity index (χ4n) is 4.23. The number of sulfonamides is 2. The summed E-state index contributed by atoms with van der Waals surface area (Å²) in [7, 11) is -7.95. The Bertz CT molecular complexity index is 1830. The van der Waals surface area contributed by atoms with Gasteiger partial charge in [-0.15, -0.1) is 0 Å². The van der Waals surface area contributed by atoms with Gasteiger partial charge in [-0.25, -0.2) is 16.8 Å². The van der Waals surface area contributed by atoms with Crippen molar-refractivity contribution in [1.29, 1.82) is 0 Å². The van der Waals surface area contributed by atoms with Crippen LogP contribution in [0.2, 0.25) is 10.0 Å². The van der Waals surface area contributed by atoms with Gasteiger partial charge in [-0.3, -0.25) is 13.8 Å². The molecule has 4 aromatic rings. The van der Waals surface area contributed by atoms with E-state index in [0.717, 1.165) is 4.31 Å². The summed E-state index contributed by atoms with van der Waals surface area (Å²) in [6.45, 7) is 1.25. The summed E-state index contributed by atoms with van der Waals surface area (Å²) in [5.41, 5.74) is 2.78. The molecule has 200 valence electrons. The molecular weight excluding hydrogens is 581 g/mol. The largest absolute Gasteiger partial charge is 0.325 e. The van der Waals surface area contributed by atoms with E-state index in [9.17, 15) is 21.6 Å². The fraction of sp³-hybridized carbons (Fsp3) is 0.0741. The first-order chi connectivity index (χ1) is 18.5. The van der Waals surface area contributed by atoms with Crippen molar-refractivity contribution in [1.82, 2.24) is 0 Å². The first kappa shape index (κ1) is 27.0. The second-order valence-electron chi connectivity index (χ2n) is 8.81. The van der Waals surface area contributed by atoms with E-state index in [1.807, 2.05) is 0 Å². The fourth-order valence-corrected chi connectivity index (χ4v) is 7.35. The zero-order valence-corrected chi connectivity index (χ0v) is 23.5. The number of hydrogen-bond donors (Lipinski definition) is 2. The lowest BCUT2D eigenvalue weighted by atomic mass is 10.0. The Morgan fingerprint density at radius 3 is 2.28 bits per heavy atom. The maximum absolute atomic E-state index is 13.4. The second kappa shape index (κ2) is 10.2. The molecule has 0 aliphatic carbocycles. The molecular formula is C27H21Cl2N3O5S2. The number of amides is 1. The molecule has 0 radical (unpaired) electrons. The number of carbonyl (C=O) groups excluding carboxylic acids is 1. The van der Waals surface area contributed by atoms with Crippen molar-refractivity contribution in [3.05, 3.63) is 101 Å². The third-order valence-corrected chi connectivity index (χ3v) is 9.82. The number of hydrogen-bond acceptors (Lipinski definition) is 5. The molecule has 39 heavy (non-hydrogen) atoms. The van der Waals surface area contributed by atoms with E-state index in [-0.39, 0.29) is 9.79 Å². The molecule has 0 spiro atoms. The van der Waals surface area contributed by atoms with Crippen molar-refractivity contribution in [2.75, 3.05) is 20.9 Å². The van der Waals surface area contributed by atoms with Crippen LogP contribution in [0.1, 0.15) is 5.56 Å². The topological polar surface area (TPSA) is 113 Å². The van der Waals surface area contributed by atoms with E-state index >= 15 is 0 Å². The molecule has 1 amide bonds. The van der Waals surface area contributed by atoms with E-state index in [4.69, 9.17) is 23.2 Å². The van der Waals surface area contributed by atoms with Crippen LogP contribution in [0.3, 0.4) is 0 Å². The van der Waals surface area contributed by atoms with Crippen molar-refractivity contribution in [3.8, 4) is 11.1 Å². The molecule has 0 saturated heterocycles. The predicted molar refractivity (Wildman–Crippen MR) is 153 cm³/mol. The summed E-state index contributed by atoms with van der Waals surface area (Å²) < 4.78 is 56.1. The Hall–Kier alpha value is -3.57. The van der Waals surface area contributed by atoms with Crippen LogP contribution in [0.15, 0.2) is 94.7 Å². The van der Waals surface area contributed by atoms with Gasteiger partial charge in [0.15, 0.2) is 0 Å². The van der Waals surface area contributed by atoms with Gasteiger partial charge in [-0.05, 0) is 73.2 Å². The number of rotatable bonds is 6. The van der Waals surface area contributed by atoms with Crippen LogP contribution in [-0.4, -0.2) is 29.3 Å². The van der Waals surface area contributed by atoms with E-state index in [2.05, 4.69) is 10.0 Å². The molecule has 4 aromatic carbocycles. The second-order valence-corrected chi connectivity index (χ2v) is 13.2. The first-order valence-corrected chi connectivity index (χ1v) is 15.2. The Balaban J connectivity index is 1.35. The summed E-state index contributed by atoms with van der Waals surface area (Å²) in [5, 5.41) is 3.46. The third-order valence-electron chi connectivity index (χ3n) is 6.15. The number of nitrogens with zero attached hydrogens (tertiary/aromatic N) is 1. The van der Waals surface area contributed by atoms with Gasteiger partial charge in [-0.2, -0.15) is 0 Å². The Labute approximate surface area is 236 Å². The molecule has 0 saturated carbocycles. The summed E-state index contributed by atoms with van der Waals surface area (Å²) in [4.78, 5) is 13.0. The van der Waals surface area contributed by atoms with Gasteiger partial charge in [0.05, 0.1) is 21.2 Å². The van der Waals surface area contributed by atoms with Crippen molar-refractivity contribution in [2.24, 2.45) is 0 Å². The van der Waals surface area contributed by atoms with E-state index in [0.29, 0.717) is 43.8 Å². The highest BCUT2D eigenvalue weighted by atomic mass is 35.5. The van der Waals surface area contributed by atoms with Gasteiger partial charge in [0.1, 0.15) is 6.54 Å². The van der Waals surface area contributed by atoms with Gasteiger partial charge in [0.2, 0.25) is 5.91 Å². The highest BCUT2D eigenvalue weighted by Crippen LogP contribution is 2.43. The maximum Gasteiger partial charge on any atom is 0.265 e. The average molecular weight is 603 g/mol. The van der Waals surface area contributed by atoms with Crippen LogP contribution in [0.5, 0.6) is 0 Å². The minimum atomic E-state index is -4.03. The lowest BCUT2D eigenvalue weighted by molar-refractivity contribution is -0.114. The molecule has 1 aliphatic rings. The number of aryl methyl sites for hydroxylation is 1. The average Bonchev–Trinajstić information content (AvgIpc) is 2.89.